The number of carboxylic acid groups (broad SMARTS) is 2. The third-order valence-electron chi connectivity index (χ3n) is 4.32. The van der Waals surface area contributed by atoms with Crippen LogP contribution in [0.25, 0.3) is 0 Å². The predicted molar refractivity (Wildman–Crippen MR) is 116 cm³/mol. The van der Waals surface area contributed by atoms with E-state index in [4.69, 9.17) is 24.5 Å². The molecule has 0 saturated carbocycles. The van der Waals surface area contributed by atoms with Crippen molar-refractivity contribution in [2.45, 2.75) is 38.1 Å². The van der Waals surface area contributed by atoms with E-state index in [-0.39, 0.29) is 18.4 Å². The second-order valence-corrected chi connectivity index (χ2v) is 8.51. The lowest BCUT2D eigenvalue weighted by Gasteiger charge is -2.15. The number of nitriles is 1. The molecule has 1 unspecified atom stereocenters. The average molecular weight is 472 g/mol. The molecule has 0 bridgehead atoms. The van der Waals surface area contributed by atoms with Crippen LogP contribution < -0.4 is 10.6 Å². The highest BCUT2D eigenvalue weighted by molar-refractivity contribution is 7.98. The highest BCUT2D eigenvalue weighted by Crippen LogP contribution is 2.37. The number of fused-ring (bicyclic) bond motifs is 1. The molecular formula is C19H25N3O7S2. The first-order chi connectivity index (χ1) is 14.7. The van der Waals surface area contributed by atoms with Crippen LogP contribution in [0, 0.1) is 11.3 Å². The summed E-state index contributed by atoms with van der Waals surface area (Å²) in [6.45, 7) is 0.00157. The monoisotopic (exact) mass is 471 g/mol. The molecule has 1 aromatic heterocycles. The third kappa shape index (κ3) is 8.56. The van der Waals surface area contributed by atoms with E-state index in [0.717, 1.165) is 37.0 Å². The van der Waals surface area contributed by atoms with E-state index >= 15 is 0 Å². The molecule has 0 fully saturated rings. The van der Waals surface area contributed by atoms with Gasteiger partial charge in [0.05, 0.1) is 19.2 Å². The summed E-state index contributed by atoms with van der Waals surface area (Å²) in [4.78, 5) is 43.4. The van der Waals surface area contributed by atoms with Gasteiger partial charge in [0.1, 0.15) is 17.1 Å². The van der Waals surface area contributed by atoms with Crippen molar-refractivity contribution in [3.05, 3.63) is 16.0 Å². The molecule has 1 aromatic rings. The molecule has 0 saturated heterocycles. The normalized spacial score (nSPS) is 12.9. The standard InChI is InChI=1S/C17H23N3O3S2.C2H2O4/c1-23-17(22)13(7-8-24-2)19-10-15(21)20-16-12(9-18)11-5-3-4-6-14(11)25-16;3-1(4)2(5)6/h13,19H,3-8,10H2,1-2H3,(H,20,21);(H,3,4)(H,5,6). The number of rotatable bonds is 8. The zero-order valence-corrected chi connectivity index (χ0v) is 18.9. The van der Waals surface area contributed by atoms with E-state index in [1.54, 1.807) is 11.8 Å². The van der Waals surface area contributed by atoms with Gasteiger partial charge in [0.2, 0.25) is 5.91 Å². The Labute approximate surface area is 188 Å². The molecule has 170 valence electrons. The number of anilines is 1. The third-order valence-corrected chi connectivity index (χ3v) is 6.18. The first kappa shape index (κ1) is 26.4. The summed E-state index contributed by atoms with van der Waals surface area (Å²) in [5, 5.41) is 30.6. The molecule has 0 spiro atoms. The van der Waals surface area contributed by atoms with Crippen molar-refractivity contribution in [1.29, 1.82) is 5.26 Å². The van der Waals surface area contributed by atoms with Crippen LogP contribution in [0.2, 0.25) is 0 Å². The van der Waals surface area contributed by atoms with Crippen molar-refractivity contribution in [3.8, 4) is 6.07 Å². The topological polar surface area (TPSA) is 166 Å². The van der Waals surface area contributed by atoms with Gasteiger partial charge in [-0.15, -0.1) is 11.3 Å². The van der Waals surface area contributed by atoms with E-state index in [1.165, 1.54) is 23.3 Å². The minimum Gasteiger partial charge on any atom is -0.473 e. The highest BCUT2D eigenvalue weighted by atomic mass is 32.2. The van der Waals surface area contributed by atoms with Crippen LogP contribution in [0.5, 0.6) is 0 Å². The Morgan fingerprint density at radius 1 is 1.23 bits per heavy atom. The van der Waals surface area contributed by atoms with Crippen molar-refractivity contribution >= 4 is 51.9 Å². The molecule has 1 heterocycles. The lowest BCUT2D eigenvalue weighted by atomic mass is 9.96. The number of carboxylic acids is 2. The summed E-state index contributed by atoms with van der Waals surface area (Å²) in [5.41, 5.74) is 1.69. The summed E-state index contributed by atoms with van der Waals surface area (Å²) in [5.74, 6) is -3.48. The SMILES string of the molecule is COC(=O)C(CCSC)NCC(=O)Nc1sc2c(c1C#N)CCCC2.O=C(O)C(=O)O. The van der Waals surface area contributed by atoms with Gasteiger partial charge in [0, 0.05) is 4.88 Å². The number of carbonyl (C=O) groups excluding carboxylic acids is 2. The van der Waals surface area contributed by atoms with Gasteiger partial charge < -0.3 is 20.3 Å². The Balaban J connectivity index is 0.000000703. The number of aryl methyl sites for hydroxylation is 1. The molecule has 12 heteroatoms. The molecule has 1 amide bonds. The quantitative estimate of drug-likeness (QED) is 0.322. The number of nitrogens with zero attached hydrogens (tertiary/aromatic N) is 1. The maximum absolute atomic E-state index is 12.2. The lowest BCUT2D eigenvalue weighted by Crippen LogP contribution is -2.42. The number of thiophene rings is 1. The number of thioether (sulfide) groups is 1. The summed E-state index contributed by atoms with van der Waals surface area (Å²) in [7, 11) is 1.34. The zero-order chi connectivity index (χ0) is 23.4. The number of hydrogen-bond donors (Lipinski definition) is 4. The lowest BCUT2D eigenvalue weighted by molar-refractivity contribution is -0.159. The first-order valence-electron chi connectivity index (χ1n) is 9.35. The summed E-state index contributed by atoms with van der Waals surface area (Å²) in [6, 6.07) is 1.72. The number of ether oxygens (including phenoxy) is 1. The minimum atomic E-state index is -1.82. The van der Waals surface area contributed by atoms with Crippen LogP contribution in [0.15, 0.2) is 0 Å². The highest BCUT2D eigenvalue weighted by Gasteiger charge is 2.23. The molecule has 1 aliphatic carbocycles. The molecule has 0 aromatic carbocycles. The summed E-state index contributed by atoms with van der Waals surface area (Å²) >= 11 is 3.13. The first-order valence-corrected chi connectivity index (χ1v) is 11.6. The number of carbonyl (C=O) groups is 4. The fraction of sp³-hybridized carbons (Fsp3) is 0.526. The Kier molecular flexibility index (Phi) is 11.6. The summed E-state index contributed by atoms with van der Waals surface area (Å²) in [6.07, 6.45) is 6.65. The van der Waals surface area contributed by atoms with Gasteiger partial charge in [-0.25, -0.2) is 9.59 Å². The fourth-order valence-electron chi connectivity index (χ4n) is 2.84. The van der Waals surface area contributed by atoms with E-state index in [1.807, 2.05) is 6.26 Å². The van der Waals surface area contributed by atoms with Gasteiger partial charge >= 0.3 is 17.9 Å². The number of nitrogens with one attached hydrogen (secondary N) is 2. The van der Waals surface area contributed by atoms with Crippen LogP contribution in [-0.4, -0.2) is 65.7 Å². The van der Waals surface area contributed by atoms with Crippen molar-refractivity contribution in [2.24, 2.45) is 0 Å². The number of methoxy groups -OCH3 is 1. The van der Waals surface area contributed by atoms with Gasteiger partial charge in [-0.05, 0) is 49.7 Å². The Bertz CT molecular complexity index is 836. The Morgan fingerprint density at radius 3 is 2.42 bits per heavy atom. The van der Waals surface area contributed by atoms with Crippen LogP contribution in [0.3, 0.4) is 0 Å². The summed E-state index contributed by atoms with van der Waals surface area (Å²) < 4.78 is 4.77. The molecule has 4 N–H and O–H groups in total. The van der Waals surface area contributed by atoms with E-state index in [9.17, 15) is 14.9 Å². The molecule has 1 aliphatic rings. The predicted octanol–water partition coefficient (Wildman–Crippen LogP) is 1.48. The maximum atomic E-state index is 12.2. The van der Waals surface area contributed by atoms with Gasteiger partial charge in [-0.3, -0.25) is 14.9 Å². The molecule has 1 atom stereocenters. The van der Waals surface area contributed by atoms with Crippen LogP contribution in [-0.2, 0) is 36.8 Å². The zero-order valence-electron chi connectivity index (χ0n) is 17.2. The fourth-order valence-corrected chi connectivity index (χ4v) is 4.57. The van der Waals surface area contributed by atoms with Crippen molar-refractivity contribution in [1.82, 2.24) is 5.32 Å². The van der Waals surface area contributed by atoms with Gasteiger partial charge in [0.25, 0.3) is 0 Å². The van der Waals surface area contributed by atoms with Crippen LogP contribution in [0.1, 0.15) is 35.3 Å². The molecule has 0 aliphatic heterocycles. The average Bonchev–Trinajstić information content (AvgIpc) is 3.10. The second kappa shape index (κ2) is 13.6. The van der Waals surface area contributed by atoms with E-state index < -0.39 is 18.0 Å². The second-order valence-electron chi connectivity index (χ2n) is 6.42. The maximum Gasteiger partial charge on any atom is 0.414 e. The van der Waals surface area contributed by atoms with Gasteiger partial charge in [-0.2, -0.15) is 17.0 Å². The van der Waals surface area contributed by atoms with Gasteiger partial charge in [-0.1, -0.05) is 0 Å². The minimum absolute atomic E-state index is 0.00157. The van der Waals surface area contributed by atoms with Crippen molar-refractivity contribution in [3.63, 3.8) is 0 Å². The smallest absolute Gasteiger partial charge is 0.414 e. The molecule has 31 heavy (non-hydrogen) atoms. The Morgan fingerprint density at radius 2 is 1.87 bits per heavy atom. The molecule has 10 nitrogen and oxygen atoms in total. The van der Waals surface area contributed by atoms with E-state index in [0.29, 0.717) is 17.0 Å². The molecule has 2 rings (SSSR count). The molecule has 0 radical (unpaired) electrons. The van der Waals surface area contributed by atoms with Crippen LogP contribution >= 0.6 is 23.1 Å². The van der Waals surface area contributed by atoms with E-state index in [2.05, 4.69) is 16.7 Å². The van der Waals surface area contributed by atoms with Crippen LogP contribution in [0.4, 0.5) is 5.00 Å². The number of hydrogen-bond acceptors (Lipinski definition) is 9. The largest absolute Gasteiger partial charge is 0.473 e. The Hall–Kier alpha value is -2.62. The number of aliphatic carboxylic acids is 2. The van der Waals surface area contributed by atoms with Crippen molar-refractivity contribution < 1.29 is 34.1 Å². The van der Waals surface area contributed by atoms with Gasteiger partial charge in [0.15, 0.2) is 0 Å². The number of amides is 1. The van der Waals surface area contributed by atoms with Crippen molar-refractivity contribution in [2.75, 3.05) is 31.0 Å². The molecular weight excluding hydrogens is 446 g/mol. The number of esters is 1.